The second kappa shape index (κ2) is 5.81. The second-order valence-electron chi connectivity index (χ2n) is 5.08. The lowest BCUT2D eigenvalue weighted by molar-refractivity contribution is -0.116. The molecule has 23 heavy (non-hydrogen) atoms. The number of aromatic nitrogens is 3. The Labute approximate surface area is 132 Å². The molecule has 7 nitrogen and oxygen atoms in total. The average Bonchev–Trinajstić information content (AvgIpc) is 2.90. The molecule has 3 rings (SSSR count). The quantitative estimate of drug-likeness (QED) is 0.782. The normalized spacial score (nSPS) is 11.5. The Kier molecular flexibility index (Phi) is 3.83. The first-order valence-corrected chi connectivity index (χ1v) is 8.71. The molecule has 0 atom stereocenters. The first-order valence-electron chi connectivity index (χ1n) is 6.82. The molecule has 0 bridgehead atoms. The largest absolute Gasteiger partial charge is 0.324 e. The summed E-state index contributed by atoms with van der Waals surface area (Å²) in [7, 11) is -3.25. The molecule has 0 aliphatic carbocycles. The summed E-state index contributed by atoms with van der Waals surface area (Å²) in [6.45, 7) is 0.0222. The lowest BCUT2D eigenvalue weighted by Gasteiger charge is -2.06. The van der Waals surface area contributed by atoms with Crippen molar-refractivity contribution in [2.24, 2.45) is 0 Å². The number of sulfone groups is 1. The maximum atomic E-state index is 12.1. The predicted molar refractivity (Wildman–Crippen MR) is 85.7 cm³/mol. The van der Waals surface area contributed by atoms with E-state index in [1.807, 2.05) is 24.3 Å². The summed E-state index contributed by atoms with van der Waals surface area (Å²) in [4.78, 5) is 12.3. The number of carbonyl (C=O) groups is 1. The highest BCUT2D eigenvalue weighted by atomic mass is 32.2. The number of nitrogens with one attached hydrogen (secondary N) is 1. The summed E-state index contributed by atoms with van der Waals surface area (Å²) in [5.74, 6) is -0.271. The fourth-order valence-corrected chi connectivity index (χ4v) is 2.79. The number of rotatable bonds is 4. The van der Waals surface area contributed by atoms with Crippen LogP contribution >= 0.6 is 0 Å². The first kappa shape index (κ1) is 15.2. The molecule has 0 aliphatic heterocycles. The molecular formula is C15H14N4O3S. The van der Waals surface area contributed by atoms with Crippen molar-refractivity contribution in [3.63, 3.8) is 0 Å². The van der Waals surface area contributed by atoms with Crippen molar-refractivity contribution in [2.45, 2.75) is 11.4 Å². The van der Waals surface area contributed by atoms with Gasteiger partial charge in [-0.25, -0.2) is 13.1 Å². The predicted octanol–water partition coefficient (Wildman–Crippen LogP) is 1.47. The van der Waals surface area contributed by atoms with Gasteiger partial charge in [-0.2, -0.15) is 0 Å². The van der Waals surface area contributed by atoms with Crippen LogP contribution in [0.15, 0.2) is 53.4 Å². The number of hydrogen-bond acceptors (Lipinski definition) is 5. The number of hydrogen-bond donors (Lipinski definition) is 1. The standard InChI is InChI=1S/C15H14N4O3S/c1-23(21,22)12-8-6-11(7-9-12)16-15(20)10-19-14-5-3-2-4-13(14)17-18-19/h2-9H,10H2,1H3,(H,16,20). The summed E-state index contributed by atoms with van der Waals surface area (Å²) in [5.41, 5.74) is 2.01. The van der Waals surface area contributed by atoms with Crippen LogP contribution < -0.4 is 5.32 Å². The van der Waals surface area contributed by atoms with Crippen LogP contribution in [-0.4, -0.2) is 35.6 Å². The van der Waals surface area contributed by atoms with Gasteiger partial charge in [-0.15, -0.1) is 5.10 Å². The van der Waals surface area contributed by atoms with Crippen molar-refractivity contribution < 1.29 is 13.2 Å². The fourth-order valence-electron chi connectivity index (χ4n) is 2.16. The van der Waals surface area contributed by atoms with Crippen molar-refractivity contribution in [1.29, 1.82) is 0 Å². The monoisotopic (exact) mass is 330 g/mol. The van der Waals surface area contributed by atoms with Crippen LogP contribution in [0.4, 0.5) is 5.69 Å². The van der Waals surface area contributed by atoms with Crippen molar-refractivity contribution >= 4 is 32.5 Å². The lowest BCUT2D eigenvalue weighted by atomic mass is 10.3. The zero-order valence-corrected chi connectivity index (χ0v) is 13.1. The van der Waals surface area contributed by atoms with Crippen LogP contribution in [0.25, 0.3) is 11.0 Å². The second-order valence-corrected chi connectivity index (χ2v) is 7.10. The van der Waals surface area contributed by atoms with Crippen LogP contribution in [0.5, 0.6) is 0 Å². The first-order chi connectivity index (χ1) is 10.9. The molecule has 0 spiro atoms. The molecule has 0 radical (unpaired) electrons. The van der Waals surface area contributed by atoms with Crippen LogP contribution in [-0.2, 0) is 21.2 Å². The Morgan fingerprint density at radius 1 is 1.13 bits per heavy atom. The zero-order chi connectivity index (χ0) is 16.4. The highest BCUT2D eigenvalue weighted by Crippen LogP contribution is 2.14. The molecule has 1 heterocycles. The highest BCUT2D eigenvalue weighted by molar-refractivity contribution is 7.90. The number of carbonyl (C=O) groups excluding carboxylic acids is 1. The SMILES string of the molecule is CS(=O)(=O)c1ccc(NC(=O)Cn2nnc3ccccc32)cc1. The van der Waals surface area contributed by atoms with E-state index in [1.54, 1.807) is 12.1 Å². The maximum Gasteiger partial charge on any atom is 0.246 e. The van der Waals surface area contributed by atoms with Gasteiger partial charge in [0.1, 0.15) is 12.1 Å². The van der Waals surface area contributed by atoms with E-state index in [-0.39, 0.29) is 17.3 Å². The van der Waals surface area contributed by atoms with E-state index in [9.17, 15) is 13.2 Å². The van der Waals surface area contributed by atoms with Gasteiger partial charge in [-0.1, -0.05) is 17.3 Å². The highest BCUT2D eigenvalue weighted by Gasteiger charge is 2.10. The van der Waals surface area contributed by atoms with Gasteiger partial charge in [0.2, 0.25) is 5.91 Å². The number of nitrogens with zero attached hydrogens (tertiary/aromatic N) is 3. The third-order valence-corrected chi connectivity index (χ3v) is 4.41. The van der Waals surface area contributed by atoms with Gasteiger partial charge >= 0.3 is 0 Å². The molecule has 0 fully saturated rings. The summed E-state index contributed by atoms with van der Waals surface area (Å²) in [5, 5.41) is 10.6. The molecule has 1 amide bonds. The molecule has 0 saturated carbocycles. The average molecular weight is 330 g/mol. The van der Waals surface area contributed by atoms with Crippen LogP contribution in [0.2, 0.25) is 0 Å². The number of amides is 1. The van der Waals surface area contributed by atoms with Gasteiger partial charge in [0, 0.05) is 11.9 Å². The van der Waals surface area contributed by atoms with E-state index in [4.69, 9.17) is 0 Å². The molecular weight excluding hydrogens is 316 g/mol. The van der Waals surface area contributed by atoms with E-state index < -0.39 is 9.84 Å². The topological polar surface area (TPSA) is 94.0 Å². The van der Waals surface area contributed by atoms with E-state index >= 15 is 0 Å². The number of para-hydroxylation sites is 1. The number of anilines is 1. The van der Waals surface area contributed by atoms with Crippen molar-refractivity contribution in [1.82, 2.24) is 15.0 Å². The van der Waals surface area contributed by atoms with Gasteiger partial charge in [0.15, 0.2) is 9.84 Å². The molecule has 8 heteroatoms. The molecule has 2 aromatic carbocycles. The molecule has 1 aromatic heterocycles. The molecule has 0 unspecified atom stereocenters. The van der Waals surface area contributed by atoms with Crippen molar-refractivity contribution in [3.8, 4) is 0 Å². The summed E-state index contributed by atoms with van der Waals surface area (Å²) >= 11 is 0. The van der Waals surface area contributed by atoms with Crippen molar-refractivity contribution in [3.05, 3.63) is 48.5 Å². The third kappa shape index (κ3) is 3.37. The van der Waals surface area contributed by atoms with Gasteiger partial charge in [-0.3, -0.25) is 4.79 Å². The maximum absolute atomic E-state index is 12.1. The van der Waals surface area contributed by atoms with E-state index in [0.29, 0.717) is 5.69 Å². The van der Waals surface area contributed by atoms with Gasteiger partial charge < -0.3 is 5.32 Å². The Bertz CT molecular complexity index is 962. The molecule has 3 aromatic rings. The minimum absolute atomic E-state index is 0.0222. The van der Waals surface area contributed by atoms with Crippen molar-refractivity contribution in [2.75, 3.05) is 11.6 Å². The third-order valence-electron chi connectivity index (χ3n) is 3.28. The molecule has 0 saturated heterocycles. The van der Waals surface area contributed by atoms with E-state index in [0.717, 1.165) is 17.3 Å². The van der Waals surface area contributed by atoms with Gasteiger partial charge in [0.25, 0.3) is 0 Å². The van der Waals surface area contributed by atoms with E-state index in [2.05, 4.69) is 15.6 Å². The Morgan fingerprint density at radius 3 is 2.52 bits per heavy atom. The molecule has 0 aliphatic rings. The summed E-state index contributed by atoms with van der Waals surface area (Å²) in [6.07, 6.45) is 1.14. The van der Waals surface area contributed by atoms with Crippen LogP contribution in [0, 0.1) is 0 Å². The lowest BCUT2D eigenvalue weighted by Crippen LogP contribution is -2.19. The summed E-state index contributed by atoms with van der Waals surface area (Å²) in [6, 6.07) is 13.4. The van der Waals surface area contributed by atoms with Gasteiger partial charge in [0.05, 0.1) is 10.4 Å². The van der Waals surface area contributed by atoms with Crippen LogP contribution in [0.1, 0.15) is 0 Å². The smallest absolute Gasteiger partial charge is 0.246 e. The van der Waals surface area contributed by atoms with Gasteiger partial charge in [-0.05, 0) is 36.4 Å². The molecule has 118 valence electrons. The Balaban J connectivity index is 1.72. The zero-order valence-electron chi connectivity index (χ0n) is 12.3. The minimum atomic E-state index is -3.25. The fraction of sp³-hybridized carbons (Fsp3) is 0.133. The number of benzene rings is 2. The number of fused-ring (bicyclic) bond motifs is 1. The summed E-state index contributed by atoms with van der Waals surface area (Å²) < 4.78 is 24.3. The Hall–Kier alpha value is -2.74. The minimum Gasteiger partial charge on any atom is -0.324 e. The van der Waals surface area contributed by atoms with E-state index in [1.165, 1.54) is 16.8 Å². The Morgan fingerprint density at radius 2 is 1.83 bits per heavy atom. The van der Waals surface area contributed by atoms with Crippen LogP contribution in [0.3, 0.4) is 0 Å². The molecule has 1 N–H and O–H groups in total.